The van der Waals surface area contributed by atoms with Crippen LogP contribution in [0.2, 0.25) is 0 Å². The summed E-state index contributed by atoms with van der Waals surface area (Å²) in [6.07, 6.45) is 4.34. The molecule has 1 aromatic heterocycles. The maximum atomic E-state index is 5.32. The van der Waals surface area contributed by atoms with E-state index in [0.29, 0.717) is 0 Å². The van der Waals surface area contributed by atoms with E-state index in [-0.39, 0.29) is 0 Å². The molecule has 0 N–H and O–H groups in total. The molecule has 0 atom stereocenters. The van der Waals surface area contributed by atoms with Crippen LogP contribution in [0.3, 0.4) is 0 Å². The largest absolute Gasteiger partial charge is 0.247 e. The second-order valence-electron chi connectivity index (χ2n) is 12.5. The lowest BCUT2D eigenvalue weighted by Gasteiger charge is -2.20. The Balaban J connectivity index is 1.44. The molecule has 0 aliphatic heterocycles. The molecular weight excluding hydrogens is 579 g/mol. The average Bonchev–Trinajstić information content (AvgIpc) is 3.15. The molecule has 48 heavy (non-hydrogen) atoms. The molecule has 0 radical (unpaired) electrons. The number of rotatable bonds is 3. The topological polar surface area (TPSA) is 12.9 Å². The highest BCUT2D eigenvalue weighted by molar-refractivity contribution is 6.25. The standard InChI is InChI=1S/C47H33N/c1-3-30-23-24-33-26-28-44(48-47(33)35(30)4-2)34-25-27-42-43(29-34)46(39-22-12-16-32-14-6-8-18-37(32)39)41-20-10-9-19-40(41)45(42)38-21-11-15-31-13-5-7-17-36(31)38/h3-29H,1-2H3/b30-3-,35-4+. The highest BCUT2D eigenvalue weighted by atomic mass is 14.7. The number of pyridine rings is 1. The summed E-state index contributed by atoms with van der Waals surface area (Å²) in [5.41, 5.74) is 8.15. The molecule has 8 aromatic carbocycles. The van der Waals surface area contributed by atoms with Gasteiger partial charge in [0.2, 0.25) is 0 Å². The van der Waals surface area contributed by atoms with E-state index in [1.807, 2.05) is 0 Å². The molecule has 0 saturated heterocycles. The van der Waals surface area contributed by atoms with Crippen LogP contribution in [0, 0.1) is 0 Å². The van der Waals surface area contributed by atoms with E-state index in [4.69, 9.17) is 4.98 Å². The van der Waals surface area contributed by atoms with E-state index in [0.717, 1.165) is 22.2 Å². The third-order valence-electron chi connectivity index (χ3n) is 9.97. The van der Waals surface area contributed by atoms with Crippen LogP contribution in [0.15, 0.2) is 152 Å². The van der Waals surface area contributed by atoms with Crippen LogP contribution in [-0.2, 0) is 0 Å². The van der Waals surface area contributed by atoms with Gasteiger partial charge in [0, 0.05) is 16.2 Å². The normalized spacial score (nSPS) is 12.6. The van der Waals surface area contributed by atoms with Crippen molar-refractivity contribution in [2.45, 2.75) is 13.8 Å². The van der Waals surface area contributed by atoms with Gasteiger partial charge in [-0.3, -0.25) is 0 Å². The fourth-order valence-electron chi connectivity index (χ4n) is 7.75. The van der Waals surface area contributed by atoms with E-state index >= 15 is 0 Å². The first-order chi connectivity index (χ1) is 23.7. The minimum absolute atomic E-state index is 0.976. The Morgan fingerprint density at radius 1 is 0.417 bits per heavy atom. The summed E-state index contributed by atoms with van der Waals surface area (Å²) in [4.78, 5) is 5.32. The van der Waals surface area contributed by atoms with Crippen molar-refractivity contribution in [3.05, 3.63) is 162 Å². The molecule has 1 heteroatoms. The molecule has 0 fully saturated rings. The molecule has 1 nitrogen and oxygen atoms in total. The number of hydrogen-bond acceptors (Lipinski definition) is 1. The molecule has 226 valence electrons. The predicted octanol–water partition coefficient (Wildman–Crippen LogP) is 11.4. The third-order valence-corrected chi connectivity index (χ3v) is 9.97. The highest BCUT2D eigenvalue weighted by Crippen LogP contribution is 2.47. The zero-order valence-corrected chi connectivity index (χ0v) is 27.0. The predicted molar refractivity (Wildman–Crippen MR) is 208 cm³/mol. The summed E-state index contributed by atoms with van der Waals surface area (Å²) in [6, 6.07) is 55.5. The van der Waals surface area contributed by atoms with Gasteiger partial charge in [0.05, 0.1) is 11.2 Å². The molecule has 0 unspecified atom stereocenters. The van der Waals surface area contributed by atoms with E-state index < -0.39 is 0 Å². The van der Waals surface area contributed by atoms with Gasteiger partial charge in [-0.15, -0.1) is 0 Å². The number of benzene rings is 8. The van der Waals surface area contributed by atoms with Crippen LogP contribution >= 0.6 is 0 Å². The van der Waals surface area contributed by atoms with Crippen molar-refractivity contribution in [3.8, 4) is 33.5 Å². The fourth-order valence-corrected chi connectivity index (χ4v) is 7.75. The van der Waals surface area contributed by atoms with Crippen LogP contribution in [0.5, 0.6) is 0 Å². The van der Waals surface area contributed by atoms with Crippen molar-refractivity contribution in [2.75, 3.05) is 0 Å². The van der Waals surface area contributed by atoms with Crippen molar-refractivity contribution in [1.29, 1.82) is 0 Å². The Morgan fingerprint density at radius 2 is 0.958 bits per heavy atom. The summed E-state index contributed by atoms with van der Waals surface area (Å²) < 4.78 is 0. The first-order valence-electron chi connectivity index (χ1n) is 16.7. The quantitative estimate of drug-likeness (QED) is 0.181. The van der Waals surface area contributed by atoms with Crippen LogP contribution < -0.4 is 10.4 Å². The maximum Gasteiger partial charge on any atom is 0.0784 e. The molecule has 1 heterocycles. The lowest BCUT2D eigenvalue weighted by atomic mass is 9.83. The SMILES string of the molecule is C/C=c1/ccc2ccc(-c3ccc4c(-c5cccc6ccccc56)c5ccccc5c(-c5cccc6ccccc56)c4c3)nc2/c1=C/C. The zero-order chi connectivity index (χ0) is 32.2. The molecule has 0 amide bonds. The average molecular weight is 612 g/mol. The Hall–Kier alpha value is -6.05. The molecule has 9 aromatic rings. The summed E-state index contributed by atoms with van der Waals surface area (Å²) in [5, 5.41) is 13.5. The minimum atomic E-state index is 0.976. The van der Waals surface area contributed by atoms with Gasteiger partial charge in [0.1, 0.15) is 0 Å². The number of aromatic nitrogens is 1. The Kier molecular flexibility index (Phi) is 6.66. The Bertz CT molecular complexity index is 2850. The van der Waals surface area contributed by atoms with Crippen molar-refractivity contribution < 1.29 is 0 Å². The number of fused-ring (bicyclic) bond motifs is 5. The van der Waals surface area contributed by atoms with Gasteiger partial charge in [-0.05, 0) is 96.5 Å². The summed E-state index contributed by atoms with van der Waals surface area (Å²) in [6.45, 7) is 4.19. The van der Waals surface area contributed by atoms with Gasteiger partial charge in [0.25, 0.3) is 0 Å². The van der Waals surface area contributed by atoms with Crippen molar-refractivity contribution in [1.82, 2.24) is 4.98 Å². The second-order valence-corrected chi connectivity index (χ2v) is 12.5. The number of hydrogen-bond donors (Lipinski definition) is 0. The molecule has 0 aliphatic rings. The van der Waals surface area contributed by atoms with Gasteiger partial charge in [0.15, 0.2) is 0 Å². The third kappa shape index (κ3) is 4.36. The molecule has 0 bridgehead atoms. The minimum Gasteiger partial charge on any atom is -0.247 e. The lowest BCUT2D eigenvalue weighted by Crippen LogP contribution is -2.25. The van der Waals surface area contributed by atoms with Gasteiger partial charge in [-0.2, -0.15) is 0 Å². The van der Waals surface area contributed by atoms with Gasteiger partial charge in [-0.1, -0.05) is 152 Å². The lowest BCUT2D eigenvalue weighted by molar-refractivity contribution is 1.37. The Morgan fingerprint density at radius 3 is 1.58 bits per heavy atom. The molecular formula is C47H33N. The van der Waals surface area contributed by atoms with Crippen molar-refractivity contribution >= 4 is 66.1 Å². The molecule has 0 spiro atoms. The summed E-state index contributed by atoms with van der Waals surface area (Å²) in [5.74, 6) is 0. The molecule has 9 rings (SSSR count). The van der Waals surface area contributed by atoms with Gasteiger partial charge < -0.3 is 0 Å². The fraction of sp³-hybridized carbons (Fsp3) is 0.0426. The first-order valence-corrected chi connectivity index (χ1v) is 16.7. The van der Waals surface area contributed by atoms with Crippen LogP contribution in [0.25, 0.3) is 99.7 Å². The van der Waals surface area contributed by atoms with E-state index in [1.165, 1.54) is 75.8 Å². The highest BCUT2D eigenvalue weighted by Gasteiger charge is 2.20. The second kappa shape index (κ2) is 11.3. The van der Waals surface area contributed by atoms with Crippen LogP contribution in [-0.4, -0.2) is 4.98 Å². The monoisotopic (exact) mass is 611 g/mol. The van der Waals surface area contributed by atoms with E-state index in [2.05, 4.69) is 178 Å². The summed E-state index contributed by atoms with van der Waals surface area (Å²) in [7, 11) is 0. The van der Waals surface area contributed by atoms with Crippen molar-refractivity contribution in [3.63, 3.8) is 0 Å². The Labute approximate surface area is 279 Å². The van der Waals surface area contributed by atoms with Crippen LogP contribution in [0.4, 0.5) is 0 Å². The smallest absolute Gasteiger partial charge is 0.0784 e. The van der Waals surface area contributed by atoms with E-state index in [9.17, 15) is 0 Å². The van der Waals surface area contributed by atoms with Crippen LogP contribution in [0.1, 0.15) is 13.8 Å². The maximum absolute atomic E-state index is 5.32. The molecule has 0 aliphatic carbocycles. The molecule has 0 saturated carbocycles. The van der Waals surface area contributed by atoms with Gasteiger partial charge >= 0.3 is 0 Å². The summed E-state index contributed by atoms with van der Waals surface area (Å²) >= 11 is 0. The van der Waals surface area contributed by atoms with Gasteiger partial charge in [-0.25, -0.2) is 4.98 Å². The van der Waals surface area contributed by atoms with Crippen molar-refractivity contribution in [2.24, 2.45) is 0 Å². The number of nitrogens with zero attached hydrogens (tertiary/aromatic N) is 1. The zero-order valence-electron chi connectivity index (χ0n) is 27.0. The first kappa shape index (κ1) is 28.2. The van der Waals surface area contributed by atoms with E-state index in [1.54, 1.807) is 0 Å².